The van der Waals surface area contributed by atoms with Crippen molar-refractivity contribution < 1.29 is 17.6 Å². The predicted octanol–water partition coefficient (Wildman–Crippen LogP) is 2.81. The molecule has 2 aromatic rings. The number of anilines is 1. The fraction of sp³-hybridized carbons (Fsp3) is 0.235. The van der Waals surface area contributed by atoms with Crippen LogP contribution >= 0.6 is 11.6 Å². The molecule has 1 fully saturated rings. The largest absolute Gasteiger partial charge is 0.312 e. The number of halogens is 2. The van der Waals surface area contributed by atoms with Crippen LogP contribution in [0.4, 0.5) is 10.1 Å². The van der Waals surface area contributed by atoms with Crippen LogP contribution in [-0.2, 0) is 14.8 Å². The van der Waals surface area contributed by atoms with Gasteiger partial charge in [0.05, 0.1) is 4.90 Å². The Balaban J connectivity index is 1.65. The number of hydrogen-bond acceptors (Lipinski definition) is 3. The van der Waals surface area contributed by atoms with Crippen LogP contribution in [0.5, 0.6) is 0 Å². The molecule has 0 unspecified atom stereocenters. The van der Waals surface area contributed by atoms with Gasteiger partial charge in [-0.2, -0.15) is 0 Å². The molecule has 1 atom stereocenters. The van der Waals surface area contributed by atoms with Crippen molar-refractivity contribution in [3.8, 4) is 0 Å². The lowest BCUT2D eigenvalue weighted by molar-refractivity contribution is -0.117. The van der Waals surface area contributed by atoms with Crippen molar-refractivity contribution in [2.24, 2.45) is 5.92 Å². The van der Waals surface area contributed by atoms with Crippen LogP contribution in [-0.4, -0.2) is 27.4 Å². The zero-order chi connectivity index (χ0) is 18.0. The van der Waals surface area contributed by atoms with Gasteiger partial charge in [0.2, 0.25) is 15.9 Å². The second kappa shape index (κ2) is 7.11. The number of rotatable bonds is 5. The van der Waals surface area contributed by atoms with E-state index in [0.29, 0.717) is 11.6 Å². The molecule has 1 aliphatic heterocycles. The number of benzene rings is 2. The van der Waals surface area contributed by atoms with Crippen molar-refractivity contribution in [1.29, 1.82) is 0 Å². The molecule has 0 radical (unpaired) electrons. The lowest BCUT2D eigenvalue weighted by atomic mass is 10.1. The van der Waals surface area contributed by atoms with Gasteiger partial charge in [0.25, 0.3) is 0 Å². The zero-order valence-electron chi connectivity index (χ0n) is 13.2. The van der Waals surface area contributed by atoms with Gasteiger partial charge in [0.1, 0.15) is 5.82 Å². The summed E-state index contributed by atoms with van der Waals surface area (Å²) in [6, 6.07) is 11.7. The van der Waals surface area contributed by atoms with Gasteiger partial charge in [-0.3, -0.25) is 4.79 Å². The van der Waals surface area contributed by atoms with Crippen molar-refractivity contribution >= 4 is 33.2 Å². The van der Waals surface area contributed by atoms with Gasteiger partial charge in [-0.15, -0.1) is 0 Å². The molecule has 25 heavy (non-hydrogen) atoms. The summed E-state index contributed by atoms with van der Waals surface area (Å²) in [4.78, 5) is 13.7. The normalized spacial score (nSPS) is 17.9. The number of carbonyl (C=O) groups is 1. The van der Waals surface area contributed by atoms with E-state index in [2.05, 4.69) is 4.72 Å². The summed E-state index contributed by atoms with van der Waals surface area (Å²) in [6.45, 7) is 0.515. The molecule has 1 aliphatic rings. The molecule has 8 heteroatoms. The minimum Gasteiger partial charge on any atom is -0.312 e. The molecule has 0 aromatic heterocycles. The van der Waals surface area contributed by atoms with Crippen LogP contribution < -0.4 is 9.62 Å². The predicted molar refractivity (Wildman–Crippen MR) is 93.5 cm³/mol. The first-order valence-electron chi connectivity index (χ1n) is 7.66. The molecule has 1 saturated heterocycles. The van der Waals surface area contributed by atoms with Gasteiger partial charge in [-0.1, -0.05) is 17.7 Å². The summed E-state index contributed by atoms with van der Waals surface area (Å²) in [5.41, 5.74) is 0.727. The van der Waals surface area contributed by atoms with E-state index in [1.807, 2.05) is 0 Å². The van der Waals surface area contributed by atoms with Gasteiger partial charge in [0.15, 0.2) is 0 Å². The quantitative estimate of drug-likeness (QED) is 0.864. The Hall–Kier alpha value is -1.96. The number of nitrogens with one attached hydrogen (secondary N) is 1. The average molecular weight is 383 g/mol. The molecule has 132 valence electrons. The highest BCUT2D eigenvalue weighted by molar-refractivity contribution is 7.89. The minimum atomic E-state index is -3.81. The second-order valence-electron chi connectivity index (χ2n) is 5.86. The minimum absolute atomic E-state index is 0.0720. The number of amides is 1. The van der Waals surface area contributed by atoms with Crippen molar-refractivity contribution in [3.63, 3.8) is 0 Å². The highest BCUT2D eigenvalue weighted by atomic mass is 35.5. The standard InChI is InChI=1S/C17H16ClFN2O3S/c18-13-4-6-15(7-5-13)21-11-12(8-17(21)22)10-20-25(23,24)16-3-1-2-14(19)9-16/h1-7,9,12,20H,8,10-11H2/t12-/m0/s1. The van der Waals surface area contributed by atoms with Crippen LogP contribution in [0.2, 0.25) is 5.02 Å². The molecule has 5 nitrogen and oxygen atoms in total. The summed E-state index contributed by atoms with van der Waals surface area (Å²) in [5, 5.41) is 0.579. The smallest absolute Gasteiger partial charge is 0.240 e. The van der Waals surface area contributed by atoms with E-state index in [1.54, 1.807) is 29.2 Å². The third-order valence-electron chi connectivity index (χ3n) is 4.01. The molecular weight excluding hydrogens is 367 g/mol. The van der Waals surface area contributed by atoms with Crippen LogP contribution in [0.1, 0.15) is 6.42 Å². The maximum absolute atomic E-state index is 13.2. The van der Waals surface area contributed by atoms with Crippen LogP contribution in [0, 0.1) is 11.7 Å². The first-order valence-corrected chi connectivity index (χ1v) is 9.52. The number of nitrogens with zero attached hydrogens (tertiary/aromatic N) is 1. The maximum atomic E-state index is 13.2. The second-order valence-corrected chi connectivity index (χ2v) is 8.06. The molecule has 0 bridgehead atoms. The highest BCUT2D eigenvalue weighted by Crippen LogP contribution is 2.26. The van der Waals surface area contributed by atoms with Crippen LogP contribution in [0.25, 0.3) is 0 Å². The van der Waals surface area contributed by atoms with E-state index in [4.69, 9.17) is 11.6 Å². The summed E-state index contributed by atoms with van der Waals surface area (Å²) in [5.74, 6) is -0.850. The lowest BCUT2D eigenvalue weighted by Crippen LogP contribution is -2.31. The maximum Gasteiger partial charge on any atom is 0.240 e. The monoisotopic (exact) mass is 382 g/mol. The van der Waals surface area contributed by atoms with Gasteiger partial charge in [0, 0.05) is 30.2 Å². The molecular formula is C17H16ClFN2O3S. The summed E-state index contributed by atoms with van der Waals surface area (Å²) in [6.07, 6.45) is 0.244. The molecule has 2 aromatic carbocycles. The Morgan fingerprint density at radius 3 is 2.60 bits per heavy atom. The van der Waals surface area contributed by atoms with E-state index < -0.39 is 15.8 Å². The molecule has 0 aliphatic carbocycles. The molecule has 1 heterocycles. The van der Waals surface area contributed by atoms with E-state index in [-0.39, 0.29) is 29.7 Å². The van der Waals surface area contributed by atoms with E-state index in [1.165, 1.54) is 18.2 Å². The van der Waals surface area contributed by atoms with Crippen molar-refractivity contribution in [2.75, 3.05) is 18.0 Å². The zero-order valence-corrected chi connectivity index (χ0v) is 14.7. The van der Waals surface area contributed by atoms with Crippen molar-refractivity contribution in [3.05, 3.63) is 59.4 Å². The summed E-state index contributed by atoms with van der Waals surface area (Å²) >= 11 is 5.85. The van der Waals surface area contributed by atoms with Crippen molar-refractivity contribution in [1.82, 2.24) is 4.72 Å². The Bertz CT molecular complexity index is 887. The number of sulfonamides is 1. The third-order valence-corrected chi connectivity index (χ3v) is 5.69. The Morgan fingerprint density at radius 1 is 1.20 bits per heavy atom. The third kappa shape index (κ3) is 4.18. The molecule has 0 saturated carbocycles. The first kappa shape index (κ1) is 17.8. The molecule has 0 spiro atoms. The van der Waals surface area contributed by atoms with Crippen LogP contribution in [0.15, 0.2) is 53.4 Å². The summed E-state index contributed by atoms with van der Waals surface area (Å²) < 4.78 is 40.1. The Labute approximate surface area is 150 Å². The Morgan fingerprint density at radius 2 is 1.92 bits per heavy atom. The summed E-state index contributed by atoms with van der Waals surface area (Å²) in [7, 11) is -3.81. The van der Waals surface area contributed by atoms with Gasteiger partial charge in [-0.25, -0.2) is 17.5 Å². The average Bonchev–Trinajstić information content (AvgIpc) is 2.95. The van der Waals surface area contributed by atoms with E-state index in [0.717, 1.165) is 11.8 Å². The lowest BCUT2D eigenvalue weighted by Gasteiger charge is -2.17. The fourth-order valence-electron chi connectivity index (χ4n) is 2.73. The topological polar surface area (TPSA) is 66.5 Å². The first-order chi connectivity index (χ1) is 11.8. The highest BCUT2D eigenvalue weighted by Gasteiger charge is 2.31. The van der Waals surface area contributed by atoms with Crippen molar-refractivity contribution in [2.45, 2.75) is 11.3 Å². The van der Waals surface area contributed by atoms with Gasteiger partial charge in [-0.05, 0) is 48.4 Å². The molecule has 1 N–H and O–H groups in total. The fourth-order valence-corrected chi connectivity index (χ4v) is 4.01. The number of carbonyl (C=O) groups excluding carboxylic acids is 1. The number of hydrogen-bond donors (Lipinski definition) is 1. The van der Waals surface area contributed by atoms with Gasteiger partial charge < -0.3 is 4.90 Å². The van der Waals surface area contributed by atoms with E-state index >= 15 is 0 Å². The molecule has 3 rings (SSSR count). The van der Waals surface area contributed by atoms with Crippen LogP contribution in [0.3, 0.4) is 0 Å². The Kier molecular flexibility index (Phi) is 5.08. The van der Waals surface area contributed by atoms with Gasteiger partial charge >= 0.3 is 0 Å². The van der Waals surface area contributed by atoms with E-state index in [9.17, 15) is 17.6 Å². The molecule has 1 amide bonds. The SMILES string of the molecule is O=C1C[C@@H](CNS(=O)(=O)c2cccc(F)c2)CN1c1ccc(Cl)cc1.